The lowest BCUT2D eigenvalue weighted by Gasteiger charge is -2.26. The van der Waals surface area contributed by atoms with Crippen molar-refractivity contribution in [3.63, 3.8) is 0 Å². The lowest BCUT2D eigenvalue weighted by molar-refractivity contribution is -0.127. The highest BCUT2D eigenvalue weighted by Gasteiger charge is 2.22. The number of fused-ring (bicyclic) bond motifs is 1. The predicted molar refractivity (Wildman–Crippen MR) is 74.9 cm³/mol. The molecule has 102 valence electrons. The second-order valence-corrected chi connectivity index (χ2v) is 4.81. The van der Waals surface area contributed by atoms with Gasteiger partial charge < -0.3 is 9.47 Å². The van der Waals surface area contributed by atoms with Crippen molar-refractivity contribution in [2.45, 2.75) is 19.5 Å². The van der Waals surface area contributed by atoms with Crippen LogP contribution >= 0.6 is 0 Å². The molecule has 0 N–H and O–H groups in total. The summed E-state index contributed by atoms with van der Waals surface area (Å²) in [5.74, 6) is 1.75. The molecule has 1 aliphatic rings. The van der Waals surface area contributed by atoms with Crippen molar-refractivity contribution in [2.24, 2.45) is 0 Å². The van der Waals surface area contributed by atoms with E-state index in [0.29, 0.717) is 13.1 Å². The summed E-state index contributed by atoms with van der Waals surface area (Å²) in [4.78, 5) is 13.4. The van der Waals surface area contributed by atoms with Gasteiger partial charge in [-0.25, -0.2) is 0 Å². The highest BCUT2D eigenvalue weighted by Crippen LogP contribution is 2.15. The smallest absolute Gasteiger partial charge is 0.246 e. The minimum absolute atomic E-state index is 0.0520. The van der Waals surface area contributed by atoms with Gasteiger partial charge in [0.1, 0.15) is 5.82 Å². The van der Waals surface area contributed by atoms with Crippen LogP contribution in [0, 0.1) is 0 Å². The molecule has 0 fully saturated rings. The van der Waals surface area contributed by atoms with Crippen LogP contribution in [0.2, 0.25) is 0 Å². The van der Waals surface area contributed by atoms with E-state index in [1.54, 1.807) is 4.90 Å². The molecule has 1 amide bonds. The maximum Gasteiger partial charge on any atom is 0.246 e. The molecule has 20 heavy (non-hydrogen) atoms. The number of hydrogen-bond donors (Lipinski definition) is 0. The van der Waals surface area contributed by atoms with Gasteiger partial charge in [-0.2, -0.15) is 0 Å². The molecular weight excluding hydrogens is 252 g/mol. The highest BCUT2D eigenvalue weighted by molar-refractivity contribution is 5.86. The Morgan fingerprint density at radius 2 is 2.05 bits per heavy atom. The van der Waals surface area contributed by atoms with Crippen LogP contribution in [-0.4, -0.2) is 32.1 Å². The topological polar surface area (TPSA) is 51.0 Å². The van der Waals surface area contributed by atoms with E-state index < -0.39 is 0 Å². The number of rotatable bonds is 3. The molecule has 0 atom stereocenters. The van der Waals surface area contributed by atoms with E-state index in [1.165, 1.54) is 11.6 Å². The van der Waals surface area contributed by atoms with Crippen LogP contribution in [-0.2, 0) is 24.3 Å². The number of hydrogen-bond acceptors (Lipinski definition) is 3. The number of carbonyl (C=O) groups is 1. The number of nitrogens with zero attached hydrogens (tertiary/aromatic N) is 4. The molecule has 0 radical (unpaired) electrons. The lowest BCUT2D eigenvalue weighted by Crippen LogP contribution is -2.37. The SMILES string of the molecule is C=CC(=O)N1CCn2c(Cc3ccccc3)nnc2C1. The van der Waals surface area contributed by atoms with Crippen LogP contribution in [0.15, 0.2) is 43.0 Å². The van der Waals surface area contributed by atoms with Crippen LogP contribution in [0.5, 0.6) is 0 Å². The van der Waals surface area contributed by atoms with E-state index in [1.807, 2.05) is 18.2 Å². The third-order valence-corrected chi connectivity index (χ3v) is 3.52. The molecule has 0 unspecified atom stereocenters. The molecular formula is C15H16N4O. The molecule has 1 aromatic carbocycles. The van der Waals surface area contributed by atoms with E-state index >= 15 is 0 Å². The predicted octanol–water partition coefficient (Wildman–Crippen LogP) is 1.40. The maximum absolute atomic E-state index is 11.6. The molecule has 0 saturated carbocycles. The van der Waals surface area contributed by atoms with Gasteiger partial charge in [-0.1, -0.05) is 36.9 Å². The summed E-state index contributed by atoms with van der Waals surface area (Å²) in [6, 6.07) is 10.2. The molecule has 5 heteroatoms. The zero-order valence-electron chi connectivity index (χ0n) is 11.2. The standard InChI is InChI=1S/C15H16N4O/c1-2-15(20)18-8-9-19-13(16-17-14(19)11-18)10-12-6-4-3-5-7-12/h2-7H,1,8-11H2. The molecule has 3 rings (SSSR count). The summed E-state index contributed by atoms with van der Waals surface area (Å²) < 4.78 is 2.11. The highest BCUT2D eigenvalue weighted by atomic mass is 16.2. The van der Waals surface area contributed by atoms with Gasteiger partial charge in [-0.3, -0.25) is 4.79 Å². The van der Waals surface area contributed by atoms with Crippen molar-refractivity contribution in [1.29, 1.82) is 0 Å². The molecule has 0 saturated heterocycles. The van der Waals surface area contributed by atoms with E-state index in [4.69, 9.17) is 0 Å². The van der Waals surface area contributed by atoms with Gasteiger partial charge in [0.15, 0.2) is 5.82 Å². The van der Waals surface area contributed by atoms with Crippen molar-refractivity contribution >= 4 is 5.91 Å². The molecule has 1 aliphatic heterocycles. The van der Waals surface area contributed by atoms with Gasteiger partial charge in [0.2, 0.25) is 5.91 Å². The summed E-state index contributed by atoms with van der Waals surface area (Å²) in [6.45, 7) is 5.44. The number of benzene rings is 1. The second-order valence-electron chi connectivity index (χ2n) is 4.81. The number of aromatic nitrogens is 3. The third kappa shape index (κ3) is 2.34. The van der Waals surface area contributed by atoms with E-state index in [9.17, 15) is 4.79 Å². The van der Waals surface area contributed by atoms with Crippen LogP contribution in [0.3, 0.4) is 0 Å². The fourth-order valence-corrected chi connectivity index (χ4v) is 2.44. The van der Waals surface area contributed by atoms with Crippen molar-refractivity contribution in [2.75, 3.05) is 6.54 Å². The summed E-state index contributed by atoms with van der Waals surface area (Å²) in [5, 5.41) is 8.47. The Balaban J connectivity index is 1.79. The van der Waals surface area contributed by atoms with Gasteiger partial charge >= 0.3 is 0 Å². The van der Waals surface area contributed by atoms with E-state index in [2.05, 4.69) is 33.5 Å². The molecule has 0 bridgehead atoms. The normalized spacial score (nSPS) is 13.9. The zero-order chi connectivity index (χ0) is 13.9. The van der Waals surface area contributed by atoms with Crippen LogP contribution < -0.4 is 0 Å². The number of carbonyl (C=O) groups excluding carboxylic acids is 1. The Morgan fingerprint density at radius 3 is 2.80 bits per heavy atom. The third-order valence-electron chi connectivity index (χ3n) is 3.52. The van der Waals surface area contributed by atoms with Crippen molar-refractivity contribution < 1.29 is 4.79 Å². The molecule has 5 nitrogen and oxygen atoms in total. The zero-order valence-corrected chi connectivity index (χ0v) is 11.2. The Morgan fingerprint density at radius 1 is 1.25 bits per heavy atom. The average Bonchev–Trinajstić information content (AvgIpc) is 2.90. The quantitative estimate of drug-likeness (QED) is 0.791. The Kier molecular flexibility index (Phi) is 3.33. The van der Waals surface area contributed by atoms with Crippen LogP contribution in [0.25, 0.3) is 0 Å². The van der Waals surface area contributed by atoms with Gasteiger partial charge in [-0.15, -0.1) is 10.2 Å². The van der Waals surface area contributed by atoms with Gasteiger partial charge in [-0.05, 0) is 11.6 Å². The summed E-state index contributed by atoms with van der Waals surface area (Å²) in [7, 11) is 0. The fraction of sp³-hybridized carbons (Fsp3) is 0.267. The molecule has 2 heterocycles. The molecule has 1 aromatic heterocycles. The Hall–Kier alpha value is -2.43. The van der Waals surface area contributed by atoms with Gasteiger partial charge in [0, 0.05) is 19.5 Å². The monoisotopic (exact) mass is 268 g/mol. The van der Waals surface area contributed by atoms with E-state index in [-0.39, 0.29) is 5.91 Å². The van der Waals surface area contributed by atoms with Crippen molar-refractivity contribution in [3.8, 4) is 0 Å². The van der Waals surface area contributed by atoms with Crippen molar-refractivity contribution in [3.05, 3.63) is 60.2 Å². The van der Waals surface area contributed by atoms with Crippen molar-refractivity contribution in [1.82, 2.24) is 19.7 Å². The van der Waals surface area contributed by atoms with Gasteiger partial charge in [0.05, 0.1) is 6.54 Å². The lowest BCUT2D eigenvalue weighted by atomic mass is 10.1. The molecule has 2 aromatic rings. The second kappa shape index (κ2) is 5.28. The fourth-order valence-electron chi connectivity index (χ4n) is 2.44. The average molecular weight is 268 g/mol. The summed E-state index contributed by atoms with van der Waals surface area (Å²) >= 11 is 0. The minimum atomic E-state index is -0.0520. The summed E-state index contributed by atoms with van der Waals surface area (Å²) in [5.41, 5.74) is 1.22. The van der Waals surface area contributed by atoms with Gasteiger partial charge in [0.25, 0.3) is 0 Å². The van der Waals surface area contributed by atoms with Crippen LogP contribution in [0.4, 0.5) is 0 Å². The Labute approximate surface area is 117 Å². The first-order chi connectivity index (χ1) is 9.78. The molecule has 0 aliphatic carbocycles. The first-order valence-electron chi connectivity index (χ1n) is 6.64. The van der Waals surface area contributed by atoms with Crippen LogP contribution in [0.1, 0.15) is 17.2 Å². The molecule has 0 spiro atoms. The largest absolute Gasteiger partial charge is 0.330 e. The summed E-state index contributed by atoms with van der Waals surface area (Å²) in [6.07, 6.45) is 2.11. The maximum atomic E-state index is 11.6. The minimum Gasteiger partial charge on any atom is -0.330 e. The van der Waals surface area contributed by atoms with E-state index in [0.717, 1.165) is 24.6 Å². The Bertz CT molecular complexity index is 633. The first kappa shape index (κ1) is 12.6. The number of amides is 1. The first-order valence-corrected chi connectivity index (χ1v) is 6.64.